The molecular weight excluding hydrogens is 282 g/mol. The number of amides is 1. The van der Waals surface area contributed by atoms with Gasteiger partial charge in [0, 0.05) is 15.7 Å². The van der Waals surface area contributed by atoms with Crippen LogP contribution < -0.4 is 5.32 Å². The van der Waals surface area contributed by atoms with Crippen LogP contribution in [0.5, 0.6) is 0 Å². The molecule has 112 valence electrons. The quantitative estimate of drug-likeness (QED) is 0.933. The van der Waals surface area contributed by atoms with Crippen LogP contribution >= 0.6 is 11.3 Å². The average Bonchev–Trinajstić information content (AvgIpc) is 2.79. The van der Waals surface area contributed by atoms with Crippen molar-refractivity contribution in [2.24, 2.45) is 0 Å². The first-order valence-electron chi connectivity index (χ1n) is 7.03. The Morgan fingerprint density at radius 3 is 2.43 bits per heavy atom. The van der Waals surface area contributed by atoms with E-state index in [1.165, 1.54) is 4.88 Å². The smallest absolute Gasteiger partial charge is 0.256 e. The molecule has 0 saturated carbocycles. The second-order valence-electron chi connectivity index (χ2n) is 6.04. The Kier molecular flexibility index (Phi) is 4.42. The molecule has 0 radical (unpaired) electrons. The Morgan fingerprint density at radius 1 is 1.29 bits per heavy atom. The van der Waals surface area contributed by atoms with E-state index in [4.69, 9.17) is 0 Å². The molecule has 0 spiro atoms. The fourth-order valence-corrected chi connectivity index (χ4v) is 3.03. The summed E-state index contributed by atoms with van der Waals surface area (Å²) in [6.07, 6.45) is 4.18. The highest BCUT2D eigenvalue weighted by atomic mass is 32.1. The van der Waals surface area contributed by atoms with Gasteiger partial charge in [0.05, 0.1) is 23.6 Å². The molecule has 1 N–H and O–H groups in total. The van der Waals surface area contributed by atoms with Gasteiger partial charge in [0.2, 0.25) is 0 Å². The lowest BCUT2D eigenvalue weighted by Gasteiger charge is -2.16. The molecule has 0 aliphatic rings. The number of anilines is 1. The zero-order valence-corrected chi connectivity index (χ0v) is 14.0. The van der Waals surface area contributed by atoms with Gasteiger partial charge in [-0.3, -0.25) is 4.79 Å². The molecule has 0 aromatic carbocycles. The van der Waals surface area contributed by atoms with E-state index in [0.29, 0.717) is 5.69 Å². The number of rotatable bonds is 3. The van der Waals surface area contributed by atoms with E-state index in [0.717, 1.165) is 23.4 Å². The van der Waals surface area contributed by atoms with Crippen LogP contribution in [0.3, 0.4) is 0 Å². The van der Waals surface area contributed by atoms with E-state index in [1.54, 1.807) is 23.7 Å². The van der Waals surface area contributed by atoms with Crippen LogP contribution in [0.1, 0.15) is 54.3 Å². The van der Waals surface area contributed by atoms with Gasteiger partial charge in [-0.25, -0.2) is 9.97 Å². The van der Waals surface area contributed by atoms with Crippen molar-refractivity contribution in [2.45, 2.75) is 46.5 Å². The largest absolute Gasteiger partial charge is 0.319 e. The van der Waals surface area contributed by atoms with Gasteiger partial charge in [-0.15, -0.1) is 11.3 Å². The molecule has 5 heteroatoms. The van der Waals surface area contributed by atoms with Gasteiger partial charge in [0.25, 0.3) is 5.91 Å². The number of thiophene rings is 1. The van der Waals surface area contributed by atoms with Crippen LogP contribution in [0.15, 0.2) is 17.8 Å². The van der Waals surface area contributed by atoms with Crippen molar-refractivity contribution >= 4 is 22.9 Å². The minimum absolute atomic E-state index is 0.0942. The lowest BCUT2D eigenvalue weighted by molar-refractivity contribution is 0.102. The van der Waals surface area contributed by atoms with Crippen molar-refractivity contribution in [3.05, 3.63) is 39.6 Å². The Balaban J connectivity index is 2.16. The predicted octanol–water partition coefficient (Wildman–Crippen LogP) is 3.96. The first kappa shape index (κ1) is 15.6. The summed E-state index contributed by atoms with van der Waals surface area (Å²) < 4.78 is 0. The van der Waals surface area contributed by atoms with Gasteiger partial charge >= 0.3 is 0 Å². The van der Waals surface area contributed by atoms with Crippen molar-refractivity contribution in [2.75, 3.05) is 5.32 Å². The van der Waals surface area contributed by atoms with E-state index < -0.39 is 0 Å². The van der Waals surface area contributed by atoms with Crippen molar-refractivity contribution < 1.29 is 4.79 Å². The summed E-state index contributed by atoms with van der Waals surface area (Å²) in [7, 11) is 0. The molecule has 1 amide bonds. The second-order valence-corrected chi connectivity index (χ2v) is 7.12. The summed E-state index contributed by atoms with van der Waals surface area (Å²) in [5, 5.41) is 4.78. The summed E-state index contributed by atoms with van der Waals surface area (Å²) >= 11 is 1.61. The number of carbonyl (C=O) groups excluding carboxylic acids is 1. The van der Waals surface area contributed by atoms with Crippen LogP contribution in [0, 0.1) is 6.92 Å². The van der Waals surface area contributed by atoms with Gasteiger partial charge in [-0.1, -0.05) is 27.7 Å². The number of aromatic nitrogens is 2. The van der Waals surface area contributed by atoms with Crippen LogP contribution in [0.4, 0.5) is 5.69 Å². The first-order valence-corrected chi connectivity index (χ1v) is 7.91. The fourth-order valence-electron chi connectivity index (χ4n) is 2.09. The predicted molar refractivity (Wildman–Crippen MR) is 87.1 cm³/mol. The standard InChI is InChI=1S/C16H21N3OS/c1-6-12-10(2)21-9-13(12)14(20)19-11-7-17-15(18-8-11)16(3,4)5/h7-9H,6H2,1-5H3,(H,19,20). The lowest BCUT2D eigenvalue weighted by atomic mass is 9.96. The maximum absolute atomic E-state index is 12.3. The van der Waals surface area contributed by atoms with Gasteiger partial charge in [-0.2, -0.15) is 0 Å². The van der Waals surface area contributed by atoms with Crippen LogP contribution in [0.25, 0.3) is 0 Å². The number of nitrogens with one attached hydrogen (secondary N) is 1. The normalized spacial score (nSPS) is 11.5. The zero-order chi connectivity index (χ0) is 15.6. The Morgan fingerprint density at radius 2 is 1.90 bits per heavy atom. The van der Waals surface area contributed by atoms with Gasteiger partial charge < -0.3 is 5.32 Å². The lowest BCUT2D eigenvalue weighted by Crippen LogP contribution is -2.17. The molecule has 21 heavy (non-hydrogen) atoms. The van der Waals surface area contributed by atoms with Crippen molar-refractivity contribution in [1.29, 1.82) is 0 Å². The minimum Gasteiger partial charge on any atom is -0.319 e. The molecule has 2 rings (SSSR count). The monoisotopic (exact) mass is 303 g/mol. The third kappa shape index (κ3) is 3.47. The van der Waals surface area contributed by atoms with E-state index in [-0.39, 0.29) is 11.3 Å². The van der Waals surface area contributed by atoms with Crippen molar-refractivity contribution in [3.63, 3.8) is 0 Å². The second kappa shape index (κ2) is 5.93. The molecule has 0 aliphatic carbocycles. The molecule has 0 bridgehead atoms. The van der Waals surface area contributed by atoms with E-state index in [1.807, 2.05) is 12.3 Å². The summed E-state index contributed by atoms with van der Waals surface area (Å²) in [6, 6.07) is 0. The van der Waals surface area contributed by atoms with Crippen molar-refractivity contribution in [3.8, 4) is 0 Å². The topological polar surface area (TPSA) is 54.9 Å². The molecule has 2 heterocycles. The maximum Gasteiger partial charge on any atom is 0.256 e. The maximum atomic E-state index is 12.3. The SMILES string of the molecule is CCc1c(C(=O)Nc2cnc(C(C)(C)C)nc2)csc1C. The molecule has 0 fully saturated rings. The molecule has 2 aromatic rings. The Hall–Kier alpha value is -1.75. The third-order valence-corrected chi connectivity index (χ3v) is 4.24. The molecular formula is C16H21N3OS. The highest BCUT2D eigenvalue weighted by molar-refractivity contribution is 7.10. The number of aryl methyl sites for hydroxylation is 1. The highest BCUT2D eigenvalue weighted by Gasteiger charge is 2.18. The van der Waals surface area contributed by atoms with E-state index in [9.17, 15) is 4.79 Å². The summed E-state index contributed by atoms with van der Waals surface area (Å²) in [4.78, 5) is 22.2. The van der Waals surface area contributed by atoms with E-state index >= 15 is 0 Å². The fraction of sp³-hybridized carbons (Fsp3) is 0.438. The molecule has 0 saturated heterocycles. The highest BCUT2D eigenvalue weighted by Crippen LogP contribution is 2.23. The van der Waals surface area contributed by atoms with E-state index in [2.05, 4.69) is 43.0 Å². The number of hydrogen-bond acceptors (Lipinski definition) is 4. The van der Waals surface area contributed by atoms with Gasteiger partial charge in [0.1, 0.15) is 5.82 Å². The average molecular weight is 303 g/mol. The number of nitrogens with zero attached hydrogens (tertiary/aromatic N) is 2. The van der Waals surface area contributed by atoms with Crippen LogP contribution in [-0.2, 0) is 11.8 Å². The molecule has 0 atom stereocenters. The zero-order valence-electron chi connectivity index (χ0n) is 13.2. The summed E-state index contributed by atoms with van der Waals surface area (Å²) in [5.74, 6) is 0.671. The van der Waals surface area contributed by atoms with Crippen LogP contribution in [0.2, 0.25) is 0 Å². The Bertz CT molecular complexity index is 639. The first-order chi connectivity index (χ1) is 9.82. The third-order valence-electron chi connectivity index (χ3n) is 3.28. The summed E-state index contributed by atoms with van der Waals surface area (Å²) in [5.41, 5.74) is 2.39. The molecule has 0 unspecified atom stereocenters. The van der Waals surface area contributed by atoms with Gasteiger partial charge in [0.15, 0.2) is 0 Å². The summed E-state index contributed by atoms with van der Waals surface area (Å²) in [6.45, 7) is 10.3. The molecule has 4 nitrogen and oxygen atoms in total. The van der Waals surface area contributed by atoms with Crippen LogP contribution in [-0.4, -0.2) is 15.9 Å². The minimum atomic E-state index is -0.0949. The Labute approximate surface area is 129 Å². The van der Waals surface area contributed by atoms with Crippen molar-refractivity contribution in [1.82, 2.24) is 9.97 Å². The molecule has 2 aromatic heterocycles. The molecule has 0 aliphatic heterocycles. The number of hydrogen-bond donors (Lipinski definition) is 1. The van der Waals surface area contributed by atoms with Gasteiger partial charge in [-0.05, 0) is 18.9 Å². The number of carbonyl (C=O) groups is 1.